The molecule has 0 heterocycles. The molecule has 0 saturated carbocycles. The third-order valence-corrected chi connectivity index (χ3v) is 2.48. The number of benzene rings is 1. The third-order valence-electron chi connectivity index (χ3n) is 1.20. The van der Waals surface area contributed by atoms with Gasteiger partial charge in [0.1, 0.15) is 0 Å². The summed E-state index contributed by atoms with van der Waals surface area (Å²) in [5.74, 6) is 0. The Hall–Kier alpha value is -0.150. The molecule has 0 aliphatic rings. The van der Waals surface area contributed by atoms with Crippen molar-refractivity contribution in [2.45, 2.75) is 4.90 Å². The highest BCUT2D eigenvalue weighted by atomic mass is 79.9. The van der Waals surface area contributed by atoms with Crippen molar-refractivity contribution in [3.63, 3.8) is 0 Å². The van der Waals surface area contributed by atoms with E-state index >= 15 is 0 Å². The van der Waals surface area contributed by atoms with Crippen molar-refractivity contribution in [3.05, 3.63) is 22.7 Å². The minimum absolute atomic E-state index is 0.843. The zero-order valence-corrected chi connectivity index (χ0v) is 8.00. The van der Waals surface area contributed by atoms with Gasteiger partial charge in [-0.25, -0.2) is 0 Å². The molecule has 1 nitrogen and oxygen atoms in total. The van der Waals surface area contributed by atoms with Crippen LogP contribution in [0.3, 0.4) is 0 Å². The predicted molar refractivity (Wildman–Crippen MR) is 50.3 cm³/mol. The Kier molecular flexibility index (Phi) is 2.63. The molecule has 0 atom stereocenters. The van der Waals surface area contributed by atoms with Crippen LogP contribution >= 0.6 is 27.7 Å². The summed E-state index contributed by atoms with van der Waals surface area (Å²) in [6, 6.07) is 5.85. The minimum Gasteiger partial charge on any atom is -0.398 e. The maximum atomic E-state index is 5.66. The van der Waals surface area contributed by atoms with Crippen molar-refractivity contribution >= 4 is 33.4 Å². The number of anilines is 1. The molecule has 1 rings (SSSR count). The van der Waals surface area contributed by atoms with Gasteiger partial charge < -0.3 is 5.73 Å². The minimum atomic E-state index is 0.843. The van der Waals surface area contributed by atoms with E-state index in [0.29, 0.717) is 0 Å². The summed E-state index contributed by atoms with van der Waals surface area (Å²) in [5, 5.41) is 0. The molecular formula is C7H8BrNS. The maximum absolute atomic E-state index is 5.66. The fourth-order valence-electron chi connectivity index (χ4n) is 0.685. The van der Waals surface area contributed by atoms with Gasteiger partial charge in [0.2, 0.25) is 0 Å². The fraction of sp³-hybridized carbons (Fsp3) is 0.143. The van der Waals surface area contributed by atoms with Crippen molar-refractivity contribution < 1.29 is 0 Å². The normalized spacial score (nSPS) is 9.80. The summed E-state index contributed by atoms with van der Waals surface area (Å²) >= 11 is 5.02. The van der Waals surface area contributed by atoms with E-state index in [2.05, 4.69) is 15.9 Å². The largest absolute Gasteiger partial charge is 0.398 e. The molecule has 54 valence electrons. The van der Waals surface area contributed by atoms with Crippen molar-refractivity contribution in [1.29, 1.82) is 0 Å². The van der Waals surface area contributed by atoms with Crippen molar-refractivity contribution in [2.75, 3.05) is 12.0 Å². The molecule has 10 heavy (non-hydrogen) atoms. The molecule has 0 bridgehead atoms. The SMILES string of the molecule is CSc1cc(Br)ccc1N. The molecule has 2 N–H and O–H groups in total. The van der Waals surface area contributed by atoms with E-state index in [0.717, 1.165) is 15.1 Å². The highest BCUT2D eigenvalue weighted by Gasteiger charge is 1.95. The molecule has 1 aromatic rings. The van der Waals surface area contributed by atoms with Gasteiger partial charge in [0.25, 0.3) is 0 Å². The molecule has 1 aromatic carbocycles. The van der Waals surface area contributed by atoms with E-state index in [-0.39, 0.29) is 0 Å². The standard InChI is InChI=1S/C7H8BrNS/c1-10-7-4-5(8)2-3-6(7)9/h2-4H,9H2,1H3. The van der Waals surface area contributed by atoms with Gasteiger partial charge in [0.15, 0.2) is 0 Å². The van der Waals surface area contributed by atoms with Gasteiger partial charge >= 0.3 is 0 Å². The summed E-state index contributed by atoms with van der Waals surface area (Å²) in [7, 11) is 0. The Morgan fingerprint density at radius 2 is 2.20 bits per heavy atom. The third kappa shape index (κ3) is 1.67. The van der Waals surface area contributed by atoms with Crippen molar-refractivity contribution in [1.82, 2.24) is 0 Å². The van der Waals surface area contributed by atoms with Gasteiger partial charge in [0, 0.05) is 15.1 Å². The molecule has 0 radical (unpaired) electrons. The Labute approximate surface area is 73.1 Å². The Bertz CT molecular complexity index is 237. The number of hydrogen-bond acceptors (Lipinski definition) is 2. The van der Waals surface area contributed by atoms with E-state index in [9.17, 15) is 0 Å². The summed E-state index contributed by atoms with van der Waals surface area (Å²) in [5.41, 5.74) is 6.50. The van der Waals surface area contributed by atoms with Crippen LogP contribution in [0.15, 0.2) is 27.6 Å². The summed E-state index contributed by atoms with van der Waals surface area (Å²) in [6.07, 6.45) is 2.01. The average molecular weight is 218 g/mol. The lowest BCUT2D eigenvalue weighted by molar-refractivity contribution is 1.44. The molecule has 3 heteroatoms. The van der Waals surface area contributed by atoms with Crippen LogP contribution in [-0.2, 0) is 0 Å². The zero-order valence-electron chi connectivity index (χ0n) is 5.60. The van der Waals surface area contributed by atoms with Crippen LogP contribution < -0.4 is 5.73 Å². The summed E-state index contributed by atoms with van der Waals surface area (Å²) in [6.45, 7) is 0. The Morgan fingerprint density at radius 3 is 2.70 bits per heavy atom. The van der Waals surface area contributed by atoms with Gasteiger partial charge in [-0.3, -0.25) is 0 Å². The van der Waals surface area contributed by atoms with E-state index in [1.807, 2.05) is 24.5 Å². The molecule has 0 amide bonds. The highest BCUT2D eigenvalue weighted by molar-refractivity contribution is 9.10. The van der Waals surface area contributed by atoms with Gasteiger partial charge in [-0.2, -0.15) is 0 Å². The van der Waals surface area contributed by atoms with E-state index < -0.39 is 0 Å². The predicted octanol–water partition coefficient (Wildman–Crippen LogP) is 2.75. The van der Waals surface area contributed by atoms with Crippen LogP contribution in [0.4, 0.5) is 5.69 Å². The van der Waals surface area contributed by atoms with Crippen molar-refractivity contribution in [3.8, 4) is 0 Å². The molecule has 0 aromatic heterocycles. The number of nitrogens with two attached hydrogens (primary N) is 1. The first-order valence-electron chi connectivity index (χ1n) is 2.83. The van der Waals surface area contributed by atoms with E-state index in [4.69, 9.17) is 5.73 Å². The lowest BCUT2D eigenvalue weighted by atomic mass is 10.3. The Morgan fingerprint density at radius 1 is 1.50 bits per heavy atom. The Balaban J connectivity index is 3.09. The number of halogens is 1. The molecule has 0 fully saturated rings. The molecule has 0 unspecified atom stereocenters. The van der Waals surface area contributed by atoms with Crippen LogP contribution in [0.1, 0.15) is 0 Å². The maximum Gasteiger partial charge on any atom is 0.0452 e. The van der Waals surface area contributed by atoms with E-state index in [1.54, 1.807) is 11.8 Å². The molecule has 0 aliphatic carbocycles. The first-order chi connectivity index (χ1) is 4.74. The van der Waals surface area contributed by atoms with Gasteiger partial charge in [-0.15, -0.1) is 11.8 Å². The van der Waals surface area contributed by atoms with Crippen LogP contribution in [0.2, 0.25) is 0 Å². The quantitative estimate of drug-likeness (QED) is 0.579. The number of thioether (sulfide) groups is 1. The second kappa shape index (κ2) is 3.30. The van der Waals surface area contributed by atoms with Crippen LogP contribution in [0.25, 0.3) is 0 Å². The summed E-state index contributed by atoms with van der Waals surface area (Å²) < 4.78 is 1.08. The molecule has 0 saturated heterocycles. The van der Waals surface area contributed by atoms with Crippen LogP contribution in [0.5, 0.6) is 0 Å². The topological polar surface area (TPSA) is 26.0 Å². The lowest BCUT2D eigenvalue weighted by Crippen LogP contribution is -1.86. The first kappa shape index (κ1) is 7.95. The van der Waals surface area contributed by atoms with Gasteiger partial charge in [-0.1, -0.05) is 15.9 Å². The second-order valence-corrected chi connectivity index (χ2v) is 3.65. The monoisotopic (exact) mass is 217 g/mol. The first-order valence-corrected chi connectivity index (χ1v) is 4.85. The lowest BCUT2D eigenvalue weighted by Gasteiger charge is -2.00. The highest BCUT2D eigenvalue weighted by Crippen LogP contribution is 2.25. The van der Waals surface area contributed by atoms with E-state index in [1.165, 1.54) is 0 Å². The number of hydrogen-bond donors (Lipinski definition) is 1. The van der Waals surface area contributed by atoms with Crippen LogP contribution in [0, 0.1) is 0 Å². The molecule has 0 aliphatic heterocycles. The van der Waals surface area contributed by atoms with Gasteiger partial charge in [0.05, 0.1) is 0 Å². The number of nitrogen functional groups attached to an aromatic ring is 1. The number of rotatable bonds is 1. The average Bonchev–Trinajstić information content (AvgIpc) is 1.94. The summed E-state index contributed by atoms with van der Waals surface area (Å²) in [4.78, 5) is 1.12. The second-order valence-electron chi connectivity index (χ2n) is 1.89. The van der Waals surface area contributed by atoms with Crippen LogP contribution in [-0.4, -0.2) is 6.26 Å². The van der Waals surface area contributed by atoms with Gasteiger partial charge in [-0.05, 0) is 24.5 Å². The smallest absolute Gasteiger partial charge is 0.0452 e. The molecular weight excluding hydrogens is 210 g/mol. The zero-order chi connectivity index (χ0) is 7.56. The fourth-order valence-corrected chi connectivity index (χ4v) is 1.75. The molecule has 0 spiro atoms. The van der Waals surface area contributed by atoms with Crippen molar-refractivity contribution in [2.24, 2.45) is 0 Å².